The number of nitrogens with zero attached hydrogens (tertiary/aromatic N) is 1. The lowest BCUT2D eigenvalue weighted by Crippen LogP contribution is -2.87. The molecule has 0 aliphatic carbocycles. The summed E-state index contributed by atoms with van der Waals surface area (Å²) in [6.07, 6.45) is 0.760. The van der Waals surface area contributed by atoms with Gasteiger partial charge in [0.25, 0.3) is 0 Å². The maximum Gasteiger partial charge on any atom is 0.410 e. The van der Waals surface area contributed by atoms with Gasteiger partial charge in [0.1, 0.15) is 18.7 Å². The Balaban J connectivity index is 1.52. The summed E-state index contributed by atoms with van der Waals surface area (Å²) in [5.74, 6) is -0.621. The number of anilines is 1. The second-order valence-corrected chi connectivity index (χ2v) is 9.93. The number of nitrogens with one attached hydrogen (secondary N) is 1. The smallest absolute Gasteiger partial charge is 0.410 e. The van der Waals surface area contributed by atoms with Crippen molar-refractivity contribution in [1.82, 2.24) is 4.90 Å². The molecule has 2 atom stereocenters. The normalized spacial score (nSPS) is 15.5. The van der Waals surface area contributed by atoms with E-state index < -0.39 is 12.1 Å². The number of hydrogen-bond donors (Lipinski definition) is 2. The minimum absolute atomic E-state index is 0.111. The van der Waals surface area contributed by atoms with Gasteiger partial charge in [0.2, 0.25) is 5.91 Å². The number of carbonyl (C=O) groups excluding carboxylic acids is 3. The molecule has 1 saturated heterocycles. The third kappa shape index (κ3) is 6.99. The van der Waals surface area contributed by atoms with Crippen LogP contribution in [0.25, 0.3) is 0 Å². The molecule has 0 aromatic heterocycles. The van der Waals surface area contributed by atoms with Crippen molar-refractivity contribution in [3.05, 3.63) is 100 Å². The van der Waals surface area contributed by atoms with Crippen LogP contribution in [-0.2, 0) is 25.7 Å². The molecule has 0 radical (unpaired) electrons. The van der Waals surface area contributed by atoms with Crippen LogP contribution in [0.3, 0.4) is 0 Å². The summed E-state index contributed by atoms with van der Waals surface area (Å²) in [6.45, 7) is 0.716. The van der Waals surface area contributed by atoms with Gasteiger partial charge in [-0.3, -0.25) is 9.69 Å². The molecule has 1 fully saturated rings. The molecular weight excluding hydrogens is 550 g/mol. The van der Waals surface area contributed by atoms with E-state index in [1.807, 2.05) is 84.2 Å². The zero-order chi connectivity index (χ0) is 26.9. The van der Waals surface area contributed by atoms with Gasteiger partial charge < -0.3 is 20.1 Å². The number of halogens is 1. The fraction of sp³-hybridized carbons (Fsp3) is 0.276. The largest absolute Gasteiger partial charge is 0.465 e. The maximum absolute atomic E-state index is 13.5. The number of esters is 1. The van der Waals surface area contributed by atoms with E-state index in [4.69, 9.17) is 9.47 Å². The second-order valence-electron chi connectivity index (χ2n) is 9.02. The molecule has 0 spiro atoms. The van der Waals surface area contributed by atoms with E-state index in [1.54, 1.807) is 0 Å². The Morgan fingerprint density at radius 1 is 1.05 bits per heavy atom. The molecular formula is C29H31BrN3O5+. The minimum Gasteiger partial charge on any atom is -0.465 e. The highest BCUT2D eigenvalue weighted by Crippen LogP contribution is 2.30. The monoisotopic (exact) mass is 580 g/mol. The van der Waals surface area contributed by atoms with Crippen molar-refractivity contribution in [2.75, 3.05) is 25.5 Å². The van der Waals surface area contributed by atoms with Crippen molar-refractivity contribution in [3.63, 3.8) is 0 Å². The average Bonchev–Trinajstić information content (AvgIpc) is 3.44. The molecule has 0 unspecified atom stereocenters. The molecule has 9 heteroatoms. The first kappa shape index (κ1) is 27.3. The third-order valence-electron chi connectivity index (χ3n) is 6.51. The first-order valence-electron chi connectivity index (χ1n) is 12.5. The molecule has 3 aromatic carbocycles. The van der Waals surface area contributed by atoms with Crippen molar-refractivity contribution in [2.45, 2.75) is 31.5 Å². The Kier molecular flexibility index (Phi) is 9.51. The Bertz CT molecular complexity index is 1260. The standard InChI is InChI=1S/C29H30BrN3O5/c1-37-26(34)18-31-27(21-11-6-3-7-12-21)23-17-22(30)14-15-24(23)32-28(35)25-13-8-16-33(25)29(36)38-19-20-9-4-2-5-10-20/h2-7,9-12,14-15,17,25,27,31H,8,13,16,18-19H2,1H3,(H,32,35)/p+1/t25-,27-/m0/s1. The molecule has 1 aliphatic heterocycles. The SMILES string of the molecule is COC(=O)C[NH2+][C@@H](c1ccccc1)c1cc(Br)ccc1NC(=O)[C@@H]1CCCN1C(=O)OCc1ccccc1. The Hall–Kier alpha value is -3.69. The van der Waals surface area contributed by atoms with Crippen molar-refractivity contribution < 1.29 is 29.2 Å². The van der Waals surface area contributed by atoms with E-state index in [1.165, 1.54) is 12.0 Å². The molecule has 1 heterocycles. The number of quaternary nitrogens is 1. The number of benzene rings is 3. The van der Waals surface area contributed by atoms with E-state index in [9.17, 15) is 14.4 Å². The number of methoxy groups -OCH3 is 1. The summed E-state index contributed by atoms with van der Waals surface area (Å²) in [5, 5.41) is 4.92. The van der Waals surface area contributed by atoms with E-state index in [2.05, 4.69) is 21.2 Å². The fourth-order valence-electron chi connectivity index (χ4n) is 4.58. The van der Waals surface area contributed by atoms with Crippen LogP contribution in [0, 0.1) is 0 Å². The van der Waals surface area contributed by atoms with E-state index in [0.717, 1.165) is 21.2 Å². The molecule has 4 rings (SSSR count). The molecule has 0 saturated carbocycles. The first-order valence-corrected chi connectivity index (χ1v) is 13.3. The molecule has 198 valence electrons. The number of likely N-dealkylation sites (tertiary alicyclic amines) is 1. The lowest BCUT2D eigenvalue weighted by Gasteiger charge is -2.25. The maximum atomic E-state index is 13.5. The van der Waals surface area contributed by atoms with Crippen LogP contribution in [0.5, 0.6) is 0 Å². The van der Waals surface area contributed by atoms with Crippen LogP contribution >= 0.6 is 15.9 Å². The molecule has 0 bridgehead atoms. The minimum atomic E-state index is -0.635. The fourth-order valence-corrected chi connectivity index (χ4v) is 4.96. The third-order valence-corrected chi connectivity index (χ3v) is 7.00. The number of nitrogens with two attached hydrogens (primary N) is 1. The summed E-state index contributed by atoms with van der Waals surface area (Å²) in [6, 6.07) is 23.9. The lowest BCUT2D eigenvalue weighted by atomic mass is 9.96. The molecule has 3 N–H and O–H groups in total. The summed E-state index contributed by atoms with van der Waals surface area (Å²) in [4.78, 5) is 39.7. The number of carbonyl (C=O) groups is 3. The quantitative estimate of drug-likeness (QED) is 0.372. The predicted octanol–water partition coefficient (Wildman–Crippen LogP) is 4.01. The second kappa shape index (κ2) is 13.2. The van der Waals surface area contributed by atoms with Gasteiger partial charge in [-0.15, -0.1) is 0 Å². The summed E-state index contributed by atoms with van der Waals surface area (Å²) in [7, 11) is 1.36. The van der Waals surface area contributed by atoms with Crippen molar-refractivity contribution in [2.24, 2.45) is 0 Å². The van der Waals surface area contributed by atoms with Gasteiger partial charge in [0.05, 0.1) is 12.8 Å². The number of rotatable bonds is 9. The number of hydrogen-bond acceptors (Lipinski definition) is 5. The van der Waals surface area contributed by atoms with Crippen LogP contribution < -0.4 is 10.6 Å². The summed E-state index contributed by atoms with van der Waals surface area (Å²) in [5.41, 5.74) is 3.28. The number of amides is 2. The Morgan fingerprint density at radius 3 is 2.47 bits per heavy atom. The predicted molar refractivity (Wildman–Crippen MR) is 146 cm³/mol. The van der Waals surface area contributed by atoms with Crippen LogP contribution in [0.2, 0.25) is 0 Å². The Labute approximate surface area is 230 Å². The van der Waals surface area contributed by atoms with Gasteiger partial charge in [0.15, 0.2) is 6.54 Å². The van der Waals surface area contributed by atoms with Gasteiger partial charge >= 0.3 is 12.1 Å². The Morgan fingerprint density at radius 2 is 1.76 bits per heavy atom. The lowest BCUT2D eigenvalue weighted by molar-refractivity contribution is -0.677. The van der Waals surface area contributed by atoms with Crippen molar-refractivity contribution in [3.8, 4) is 0 Å². The van der Waals surface area contributed by atoms with E-state index in [0.29, 0.717) is 25.1 Å². The summed E-state index contributed by atoms with van der Waals surface area (Å²) < 4.78 is 11.2. The van der Waals surface area contributed by atoms with Crippen molar-refractivity contribution >= 4 is 39.6 Å². The van der Waals surface area contributed by atoms with E-state index in [-0.39, 0.29) is 31.1 Å². The van der Waals surface area contributed by atoms with Crippen LogP contribution in [0.1, 0.15) is 35.6 Å². The molecule has 8 nitrogen and oxygen atoms in total. The van der Waals surface area contributed by atoms with Crippen LogP contribution in [0.4, 0.5) is 10.5 Å². The van der Waals surface area contributed by atoms with Crippen molar-refractivity contribution in [1.29, 1.82) is 0 Å². The summed E-state index contributed by atoms with van der Waals surface area (Å²) >= 11 is 3.54. The highest BCUT2D eigenvalue weighted by molar-refractivity contribution is 9.10. The highest BCUT2D eigenvalue weighted by Gasteiger charge is 2.36. The molecule has 1 aliphatic rings. The molecule has 2 amide bonds. The van der Waals surface area contributed by atoms with E-state index >= 15 is 0 Å². The van der Waals surface area contributed by atoms with Crippen LogP contribution in [0.15, 0.2) is 83.3 Å². The topological polar surface area (TPSA) is 102 Å². The first-order chi connectivity index (χ1) is 18.5. The zero-order valence-corrected chi connectivity index (χ0v) is 22.7. The van der Waals surface area contributed by atoms with Gasteiger partial charge in [0, 0.05) is 22.1 Å². The van der Waals surface area contributed by atoms with Gasteiger partial charge in [-0.05, 0) is 36.6 Å². The zero-order valence-electron chi connectivity index (χ0n) is 21.1. The van der Waals surface area contributed by atoms with Gasteiger partial charge in [-0.25, -0.2) is 9.59 Å². The van der Waals surface area contributed by atoms with Gasteiger partial charge in [-0.2, -0.15) is 0 Å². The number of ether oxygens (including phenoxy) is 2. The average molecular weight is 581 g/mol. The van der Waals surface area contributed by atoms with Gasteiger partial charge in [-0.1, -0.05) is 76.6 Å². The highest BCUT2D eigenvalue weighted by atomic mass is 79.9. The molecule has 3 aromatic rings. The van der Waals surface area contributed by atoms with Crippen LogP contribution in [-0.4, -0.2) is 49.1 Å². The molecule has 38 heavy (non-hydrogen) atoms.